The molecule has 2 heterocycles. The van der Waals surface area contributed by atoms with Gasteiger partial charge in [0, 0.05) is 21.7 Å². The Balaban J connectivity index is 1.51. The maximum atomic E-state index is 13.8. The van der Waals surface area contributed by atoms with Crippen molar-refractivity contribution >= 4 is 49.7 Å². The van der Waals surface area contributed by atoms with Gasteiger partial charge in [-0.25, -0.2) is 4.98 Å². The van der Waals surface area contributed by atoms with Crippen LogP contribution in [0.2, 0.25) is 0 Å². The molecule has 44 heavy (non-hydrogen) atoms. The monoisotopic (exact) mass is 649 g/mol. The Kier molecular flexibility index (Phi) is 7.61. The molecular formula is C32H20BrN5O6. The Morgan fingerprint density at radius 1 is 1.09 bits per heavy atom. The normalized spacial score (nSPS) is 11.2. The number of aromatic nitrogens is 2. The highest BCUT2D eigenvalue weighted by atomic mass is 79.9. The van der Waals surface area contributed by atoms with Crippen LogP contribution in [0.5, 0.6) is 11.5 Å². The summed E-state index contributed by atoms with van der Waals surface area (Å²) in [4.78, 5) is 29.9. The molecule has 0 spiro atoms. The molecule has 0 aliphatic rings. The van der Waals surface area contributed by atoms with Gasteiger partial charge in [-0.2, -0.15) is 15.0 Å². The van der Waals surface area contributed by atoms with Gasteiger partial charge in [-0.1, -0.05) is 52.3 Å². The number of rotatable bonds is 8. The average Bonchev–Trinajstić information content (AvgIpc) is 3.48. The number of benzene rings is 4. The number of para-hydroxylation sites is 1. The van der Waals surface area contributed by atoms with E-state index in [1.807, 2.05) is 0 Å². The molecular weight excluding hydrogens is 630 g/mol. The van der Waals surface area contributed by atoms with Crippen LogP contribution in [0.25, 0.3) is 33.5 Å². The standard InChI is InChI=1S/C32H20BrN5O6/c1-42-27-11-6-12-28-24(27)15-29(44-28)31-36-25-10-5-4-9-23(25)32(39)37(31)35-17-21-13-22(33)14-26(38(40)41)30(21)43-18-20-8-3-2-7-19(20)16-34/h2-15,17H,18H2,1H3. The average molecular weight is 650 g/mol. The summed E-state index contributed by atoms with van der Waals surface area (Å²) < 4.78 is 18.9. The predicted molar refractivity (Wildman–Crippen MR) is 167 cm³/mol. The first-order chi connectivity index (χ1) is 21.4. The number of nitriles is 1. The quantitative estimate of drug-likeness (QED) is 0.0991. The summed E-state index contributed by atoms with van der Waals surface area (Å²) in [6.07, 6.45) is 1.29. The Morgan fingerprint density at radius 3 is 2.68 bits per heavy atom. The van der Waals surface area contributed by atoms with Crippen LogP contribution in [0.15, 0.2) is 104 Å². The van der Waals surface area contributed by atoms with Crippen LogP contribution in [0.1, 0.15) is 16.7 Å². The lowest BCUT2D eigenvalue weighted by Crippen LogP contribution is -2.20. The molecule has 11 nitrogen and oxygen atoms in total. The summed E-state index contributed by atoms with van der Waals surface area (Å²) >= 11 is 3.32. The maximum Gasteiger partial charge on any atom is 0.312 e. The van der Waals surface area contributed by atoms with Crippen LogP contribution < -0.4 is 15.0 Å². The number of hydrogen-bond acceptors (Lipinski definition) is 9. The number of ether oxygens (including phenoxy) is 2. The van der Waals surface area contributed by atoms with Crippen molar-refractivity contribution in [2.45, 2.75) is 6.61 Å². The van der Waals surface area contributed by atoms with Crippen molar-refractivity contribution in [3.05, 3.63) is 127 Å². The highest BCUT2D eigenvalue weighted by molar-refractivity contribution is 9.10. The molecule has 0 amide bonds. The first-order valence-electron chi connectivity index (χ1n) is 13.1. The second kappa shape index (κ2) is 11.8. The molecule has 2 aromatic heterocycles. The first-order valence-corrected chi connectivity index (χ1v) is 13.9. The van der Waals surface area contributed by atoms with Crippen molar-refractivity contribution in [3.8, 4) is 29.2 Å². The van der Waals surface area contributed by atoms with E-state index in [0.29, 0.717) is 43.2 Å². The van der Waals surface area contributed by atoms with E-state index >= 15 is 0 Å². The molecule has 0 aliphatic heterocycles. The summed E-state index contributed by atoms with van der Waals surface area (Å²) in [6.45, 7) is -0.114. The molecule has 0 saturated carbocycles. The van der Waals surface area contributed by atoms with Crippen LogP contribution in [0.3, 0.4) is 0 Å². The van der Waals surface area contributed by atoms with Gasteiger partial charge < -0.3 is 13.9 Å². The van der Waals surface area contributed by atoms with E-state index < -0.39 is 10.5 Å². The number of nitrogens with zero attached hydrogens (tertiary/aromatic N) is 5. The largest absolute Gasteiger partial charge is 0.496 e. The summed E-state index contributed by atoms with van der Waals surface area (Å²) in [5.41, 5.74) is 1.28. The van der Waals surface area contributed by atoms with Crippen molar-refractivity contribution in [3.63, 3.8) is 0 Å². The molecule has 0 fully saturated rings. The lowest BCUT2D eigenvalue weighted by atomic mass is 10.1. The van der Waals surface area contributed by atoms with Gasteiger partial charge in [-0.15, -0.1) is 0 Å². The number of nitro benzene ring substituents is 1. The van der Waals surface area contributed by atoms with Crippen LogP contribution in [0.4, 0.5) is 5.69 Å². The fourth-order valence-corrected chi connectivity index (χ4v) is 5.19. The van der Waals surface area contributed by atoms with Gasteiger partial charge in [0.15, 0.2) is 5.76 Å². The molecule has 12 heteroatoms. The van der Waals surface area contributed by atoms with E-state index in [1.54, 1.807) is 86.0 Å². The second-order valence-electron chi connectivity index (χ2n) is 9.45. The van der Waals surface area contributed by atoms with Crippen molar-refractivity contribution in [1.29, 1.82) is 5.26 Å². The summed E-state index contributed by atoms with van der Waals surface area (Å²) in [6, 6.07) is 25.6. The lowest BCUT2D eigenvalue weighted by Gasteiger charge is -2.12. The number of nitro groups is 1. The van der Waals surface area contributed by atoms with Crippen LogP contribution in [-0.2, 0) is 6.61 Å². The fraction of sp³-hybridized carbons (Fsp3) is 0.0625. The van der Waals surface area contributed by atoms with Crippen LogP contribution in [0, 0.1) is 21.4 Å². The van der Waals surface area contributed by atoms with Crippen molar-refractivity contribution in [1.82, 2.24) is 9.66 Å². The Hall–Kier alpha value is -5.80. The minimum atomic E-state index is -0.579. The van der Waals surface area contributed by atoms with Gasteiger partial charge in [0.05, 0.1) is 46.2 Å². The third-order valence-electron chi connectivity index (χ3n) is 6.80. The number of hydrogen-bond donors (Lipinski definition) is 0. The van der Waals surface area contributed by atoms with Crippen molar-refractivity contribution in [2.75, 3.05) is 7.11 Å². The van der Waals surface area contributed by atoms with Crippen molar-refractivity contribution < 1.29 is 18.8 Å². The highest BCUT2D eigenvalue weighted by Crippen LogP contribution is 2.36. The topological polar surface area (TPSA) is 146 Å². The van der Waals surface area contributed by atoms with E-state index in [1.165, 1.54) is 12.3 Å². The van der Waals surface area contributed by atoms with Crippen LogP contribution in [-0.4, -0.2) is 27.9 Å². The molecule has 0 bridgehead atoms. The van der Waals surface area contributed by atoms with Gasteiger partial charge in [-0.05, 0) is 42.5 Å². The molecule has 4 aromatic carbocycles. The Bertz CT molecular complexity index is 2220. The van der Waals surface area contributed by atoms with Gasteiger partial charge in [-0.3, -0.25) is 14.9 Å². The van der Waals surface area contributed by atoms with E-state index in [-0.39, 0.29) is 35.2 Å². The molecule has 6 aromatic rings. The smallest absolute Gasteiger partial charge is 0.312 e. The van der Waals surface area contributed by atoms with Gasteiger partial charge in [0.2, 0.25) is 11.6 Å². The number of halogens is 1. The summed E-state index contributed by atoms with van der Waals surface area (Å²) in [7, 11) is 1.55. The van der Waals surface area contributed by atoms with Crippen LogP contribution >= 0.6 is 15.9 Å². The number of fused-ring (bicyclic) bond motifs is 2. The zero-order chi connectivity index (χ0) is 30.8. The van der Waals surface area contributed by atoms with Gasteiger partial charge >= 0.3 is 5.69 Å². The molecule has 0 unspecified atom stereocenters. The predicted octanol–water partition coefficient (Wildman–Crippen LogP) is 6.82. The van der Waals surface area contributed by atoms with Gasteiger partial charge in [0.1, 0.15) is 17.9 Å². The number of methoxy groups -OCH3 is 1. The molecule has 6 rings (SSSR count). The molecule has 0 atom stereocenters. The third kappa shape index (κ3) is 5.28. The Morgan fingerprint density at radius 2 is 1.89 bits per heavy atom. The Labute approximate surface area is 257 Å². The molecule has 0 N–H and O–H groups in total. The zero-order valence-electron chi connectivity index (χ0n) is 22.9. The summed E-state index contributed by atoms with van der Waals surface area (Å²) in [5, 5.41) is 26.9. The number of furan rings is 1. The lowest BCUT2D eigenvalue weighted by molar-refractivity contribution is -0.386. The third-order valence-corrected chi connectivity index (χ3v) is 7.26. The first kappa shape index (κ1) is 28.3. The highest BCUT2D eigenvalue weighted by Gasteiger charge is 2.22. The minimum Gasteiger partial charge on any atom is -0.496 e. The molecule has 0 saturated heterocycles. The molecule has 216 valence electrons. The second-order valence-corrected chi connectivity index (χ2v) is 10.4. The SMILES string of the molecule is COc1cccc2oc(-c3nc4ccccc4c(=O)n3N=Cc3cc(Br)cc([N+](=O)[O-])c3OCc3ccccc3C#N)cc12. The minimum absolute atomic E-state index is 0.0912. The van der Waals surface area contributed by atoms with E-state index in [0.717, 1.165) is 4.68 Å². The van der Waals surface area contributed by atoms with Gasteiger partial charge in [0.25, 0.3) is 5.56 Å². The van der Waals surface area contributed by atoms with E-state index in [2.05, 4.69) is 32.1 Å². The zero-order valence-corrected chi connectivity index (χ0v) is 24.5. The fourth-order valence-electron chi connectivity index (χ4n) is 4.73. The van der Waals surface area contributed by atoms with E-state index in [9.17, 15) is 20.2 Å². The summed E-state index contributed by atoms with van der Waals surface area (Å²) in [5.74, 6) is 0.857. The van der Waals surface area contributed by atoms with E-state index in [4.69, 9.17) is 13.9 Å². The maximum absolute atomic E-state index is 13.8. The molecule has 0 radical (unpaired) electrons. The van der Waals surface area contributed by atoms with Crippen molar-refractivity contribution in [2.24, 2.45) is 5.10 Å². The molecule has 0 aliphatic carbocycles.